The van der Waals surface area contributed by atoms with Gasteiger partial charge >= 0.3 is 0 Å². The molecule has 0 aliphatic heterocycles. The van der Waals surface area contributed by atoms with E-state index in [0.717, 1.165) is 22.1 Å². The van der Waals surface area contributed by atoms with Crippen molar-refractivity contribution in [1.82, 2.24) is 15.0 Å². The maximum absolute atomic E-state index is 5.13. The average Bonchev–Trinajstić information content (AvgIpc) is 3.67. The molecule has 10 aromatic rings. The molecule has 2 heterocycles. The van der Waals surface area contributed by atoms with Crippen LogP contribution in [0, 0.1) is 0 Å². The number of nitrogens with zero attached hydrogens (tertiary/aromatic N) is 3. The van der Waals surface area contributed by atoms with Crippen molar-refractivity contribution >= 4 is 53.1 Å². The van der Waals surface area contributed by atoms with Gasteiger partial charge in [-0.25, -0.2) is 15.0 Å². The largest absolute Gasteiger partial charge is 0.208 e. The van der Waals surface area contributed by atoms with Crippen molar-refractivity contribution in [2.75, 3.05) is 0 Å². The Morgan fingerprint density at radius 2 is 0.981 bits per heavy atom. The zero-order valence-corrected chi connectivity index (χ0v) is 30.5. The van der Waals surface area contributed by atoms with Crippen LogP contribution in [0.4, 0.5) is 0 Å². The molecule has 54 heavy (non-hydrogen) atoms. The molecular weight excluding hydrogens is 675 g/mol. The van der Waals surface area contributed by atoms with E-state index in [9.17, 15) is 0 Å². The van der Waals surface area contributed by atoms with Gasteiger partial charge in [0.2, 0.25) is 0 Å². The highest BCUT2D eigenvalue weighted by Gasteiger charge is 2.40. The van der Waals surface area contributed by atoms with Gasteiger partial charge in [0.1, 0.15) is 0 Å². The highest BCUT2D eigenvalue weighted by Crippen LogP contribution is 2.60. The number of aromatic nitrogens is 3. The molecule has 3 nitrogen and oxygen atoms in total. The van der Waals surface area contributed by atoms with E-state index in [4.69, 9.17) is 15.0 Å². The fourth-order valence-electron chi connectivity index (χ4n) is 9.42. The molecule has 0 unspecified atom stereocenters. The van der Waals surface area contributed by atoms with E-state index in [0.29, 0.717) is 17.5 Å². The number of benzene rings is 8. The second-order valence-electron chi connectivity index (χ2n) is 15.1. The Bertz CT molecular complexity index is 3170. The predicted octanol–water partition coefficient (Wildman–Crippen LogP) is 13.5. The zero-order valence-electron chi connectivity index (χ0n) is 29.7. The van der Waals surface area contributed by atoms with Crippen molar-refractivity contribution in [2.45, 2.75) is 19.3 Å². The normalized spacial score (nSPS) is 13.5. The highest BCUT2D eigenvalue weighted by molar-refractivity contribution is 7.26. The summed E-state index contributed by atoms with van der Waals surface area (Å²) in [4.78, 5) is 15.2. The molecule has 0 N–H and O–H groups in total. The molecule has 12 rings (SSSR count). The Labute approximate surface area is 316 Å². The molecule has 0 amide bonds. The molecule has 252 valence electrons. The van der Waals surface area contributed by atoms with E-state index in [2.05, 4.69) is 129 Å². The summed E-state index contributed by atoms with van der Waals surface area (Å²) >= 11 is 1.92. The van der Waals surface area contributed by atoms with Crippen molar-refractivity contribution in [3.8, 4) is 67.5 Å². The Balaban J connectivity index is 1.15. The first-order valence-corrected chi connectivity index (χ1v) is 19.4. The minimum Gasteiger partial charge on any atom is -0.208 e. The van der Waals surface area contributed by atoms with Gasteiger partial charge in [-0.1, -0.05) is 153 Å². The molecule has 2 aromatic heterocycles. The summed E-state index contributed by atoms with van der Waals surface area (Å²) in [5.74, 6) is 1.99. The first-order chi connectivity index (χ1) is 26.5. The third-order valence-electron chi connectivity index (χ3n) is 11.9. The first-order valence-electron chi connectivity index (χ1n) is 18.5. The van der Waals surface area contributed by atoms with Gasteiger partial charge in [0.15, 0.2) is 17.5 Å². The van der Waals surface area contributed by atoms with E-state index >= 15 is 0 Å². The molecule has 0 spiro atoms. The molecule has 0 radical (unpaired) electrons. The van der Waals surface area contributed by atoms with Crippen LogP contribution in [-0.4, -0.2) is 15.0 Å². The summed E-state index contributed by atoms with van der Waals surface area (Å²) < 4.78 is 2.67. The van der Waals surface area contributed by atoms with Crippen LogP contribution in [0.5, 0.6) is 0 Å². The van der Waals surface area contributed by atoms with Gasteiger partial charge in [-0.05, 0) is 78.2 Å². The molecule has 2 aliphatic rings. The summed E-state index contributed by atoms with van der Waals surface area (Å²) in [5, 5.41) is 7.77. The third kappa shape index (κ3) is 3.98. The molecule has 0 fully saturated rings. The van der Waals surface area contributed by atoms with Gasteiger partial charge in [0.05, 0.1) is 0 Å². The van der Waals surface area contributed by atoms with Crippen LogP contribution < -0.4 is 0 Å². The second-order valence-corrected chi connectivity index (χ2v) is 16.2. The summed E-state index contributed by atoms with van der Waals surface area (Å²) in [7, 11) is 0. The van der Waals surface area contributed by atoms with Crippen molar-refractivity contribution in [3.63, 3.8) is 0 Å². The summed E-state index contributed by atoms with van der Waals surface area (Å²) in [6.07, 6.45) is 0. The summed E-state index contributed by atoms with van der Waals surface area (Å²) in [5.41, 5.74) is 13.7. The van der Waals surface area contributed by atoms with E-state index in [1.54, 1.807) is 0 Å². The maximum Gasteiger partial charge on any atom is 0.164 e. The SMILES string of the molecule is CC1(C)c2cccc3c2-c2c1ccc1c(-c4cccc5c(-c6nc(-c7ccccc7)nc(-c7ccccc7)n6)cccc45)cc4sc5cccc-3c5c4c21. The van der Waals surface area contributed by atoms with Crippen LogP contribution in [0.25, 0.3) is 109 Å². The first kappa shape index (κ1) is 30.0. The van der Waals surface area contributed by atoms with Crippen LogP contribution in [-0.2, 0) is 5.41 Å². The van der Waals surface area contributed by atoms with Crippen LogP contribution in [0.1, 0.15) is 25.0 Å². The maximum atomic E-state index is 5.13. The zero-order chi connectivity index (χ0) is 35.7. The van der Waals surface area contributed by atoms with Crippen LogP contribution >= 0.6 is 11.3 Å². The molecule has 0 bridgehead atoms. The van der Waals surface area contributed by atoms with E-state index < -0.39 is 0 Å². The van der Waals surface area contributed by atoms with Gasteiger partial charge in [-0.3, -0.25) is 0 Å². The lowest BCUT2D eigenvalue weighted by atomic mass is 9.80. The lowest BCUT2D eigenvalue weighted by Gasteiger charge is -2.22. The van der Waals surface area contributed by atoms with Gasteiger partial charge in [0, 0.05) is 42.3 Å². The van der Waals surface area contributed by atoms with Gasteiger partial charge < -0.3 is 0 Å². The predicted molar refractivity (Wildman–Crippen MR) is 226 cm³/mol. The monoisotopic (exact) mass is 705 g/mol. The quantitative estimate of drug-likeness (QED) is 0.183. The van der Waals surface area contributed by atoms with E-state index in [1.807, 2.05) is 47.7 Å². The fraction of sp³-hybridized carbons (Fsp3) is 0.0600. The lowest BCUT2D eigenvalue weighted by Crippen LogP contribution is -2.14. The van der Waals surface area contributed by atoms with Crippen LogP contribution in [0.15, 0.2) is 152 Å². The number of rotatable bonds is 4. The van der Waals surface area contributed by atoms with E-state index in [1.165, 1.54) is 80.8 Å². The van der Waals surface area contributed by atoms with Crippen molar-refractivity contribution < 1.29 is 0 Å². The summed E-state index contributed by atoms with van der Waals surface area (Å²) in [6.45, 7) is 4.79. The third-order valence-corrected chi connectivity index (χ3v) is 13.0. The van der Waals surface area contributed by atoms with Crippen LogP contribution in [0.2, 0.25) is 0 Å². The Hall–Kier alpha value is -6.49. The average molecular weight is 706 g/mol. The smallest absolute Gasteiger partial charge is 0.164 e. The van der Waals surface area contributed by atoms with Gasteiger partial charge in [0.25, 0.3) is 0 Å². The Kier molecular flexibility index (Phi) is 6.00. The minimum absolute atomic E-state index is 0.0886. The molecule has 0 saturated carbocycles. The molecule has 0 atom stereocenters. The van der Waals surface area contributed by atoms with Gasteiger partial charge in [-0.15, -0.1) is 11.3 Å². The standard InChI is InChI=1S/C50H31N3S/c1-50(2)38-23-11-20-33-34-21-12-24-40-43(34)46-41(54-40)27-37(35-25-26-39(50)45(42(33)38)44(35)46)32-19-9-18-31-30(32)17-10-22-36(31)49-52-47(28-13-5-3-6-14-28)51-48(53-49)29-15-7-4-8-16-29/h3-27H,1-2H3. The van der Waals surface area contributed by atoms with Gasteiger partial charge in [-0.2, -0.15) is 0 Å². The van der Waals surface area contributed by atoms with Crippen molar-refractivity contribution in [3.05, 3.63) is 163 Å². The number of hydrogen-bond acceptors (Lipinski definition) is 4. The molecule has 4 heteroatoms. The van der Waals surface area contributed by atoms with Crippen molar-refractivity contribution in [2.24, 2.45) is 0 Å². The minimum atomic E-state index is -0.0886. The molecule has 2 aliphatic carbocycles. The lowest BCUT2D eigenvalue weighted by molar-refractivity contribution is 0.661. The topological polar surface area (TPSA) is 38.7 Å². The Morgan fingerprint density at radius 1 is 0.389 bits per heavy atom. The number of fused-ring (bicyclic) bond motifs is 2. The molecular formula is C50H31N3S. The van der Waals surface area contributed by atoms with E-state index in [-0.39, 0.29) is 5.41 Å². The van der Waals surface area contributed by atoms with Crippen LogP contribution in [0.3, 0.4) is 0 Å². The summed E-state index contributed by atoms with van der Waals surface area (Å²) in [6, 6.07) is 54.7. The highest BCUT2D eigenvalue weighted by atomic mass is 32.1. The molecule has 8 aromatic carbocycles. The molecule has 0 saturated heterocycles. The fourth-order valence-corrected chi connectivity index (χ4v) is 10.6. The Morgan fingerprint density at radius 3 is 1.72 bits per heavy atom. The number of hydrogen-bond donors (Lipinski definition) is 0. The second kappa shape index (κ2) is 10.8. The number of thiophene rings is 1. The van der Waals surface area contributed by atoms with Crippen molar-refractivity contribution in [1.29, 1.82) is 0 Å².